The molecule has 0 aromatic heterocycles. The summed E-state index contributed by atoms with van der Waals surface area (Å²) in [5, 5.41) is 11.6. The van der Waals surface area contributed by atoms with Crippen LogP contribution in [0.1, 0.15) is 28.7 Å². The van der Waals surface area contributed by atoms with Crippen LogP contribution in [-0.4, -0.2) is 17.9 Å². The van der Waals surface area contributed by atoms with Crippen molar-refractivity contribution in [1.29, 1.82) is 0 Å². The van der Waals surface area contributed by atoms with E-state index in [4.69, 9.17) is 14.2 Å². The molecule has 0 radical (unpaired) electrons. The molecule has 4 aromatic carbocycles. The van der Waals surface area contributed by atoms with Crippen LogP contribution in [0.3, 0.4) is 0 Å². The van der Waals surface area contributed by atoms with Crippen LogP contribution in [0.4, 0.5) is 0 Å². The van der Waals surface area contributed by atoms with Gasteiger partial charge in [-0.2, -0.15) is 0 Å². The molecule has 0 spiro atoms. The highest BCUT2D eigenvalue weighted by molar-refractivity contribution is 5.81. The van der Waals surface area contributed by atoms with E-state index in [1.54, 1.807) is 18.2 Å². The SMILES string of the molecule is O=C(OCc1ccccc1)C(c1ccc2c(c1)OCO2)C(O)c1ccccc1-c1ccccc1. The predicted molar refractivity (Wildman–Crippen MR) is 128 cm³/mol. The molecule has 0 amide bonds. The molecular weight excluding hydrogens is 428 g/mol. The number of hydrogen-bond acceptors (Lipinski definition) is 5. The van der Waals surface area contributed by atoms with Crippen molar-refractivity contribution in [2.75, 3.05) is 6.79 Å². The van der Waals surface area contributed by atoms with Gasteiger partial charge in [0, 0.05) is 0 Å². The van der Waals surface area contributed by atoms with E-state index in [-0.39, 0.29) is 13.4 Å². The molecule has 5 rings (SSSR count). The maximum atomic E-state index is 13.4. The summed E-state index contributed by atoms with van der Waals surface area (Å²) in [6.45, 7) is 0.245. The first-order valence-corrected chi connectivity index (χ1v) is 11.1. The second-order valence-corrected chi connectivity index (χ2v) is 8.08. The average Bonchev–Trinajstić information content (AvgIpc) is 3.37. The normalized spacial score (nSPS) is 13.8. The Morgan fingerprint density at radius 3 is 2.29 bits per heavy atom. The lowest BCUT2D eigenvalue weighted by Gasteiger charge is -2.24. The molecule has 4 aromatic rings. The van der Waals surface area contributed by atoms with Gasteiger partial charge in [-0.1, -0.05) is 91.0 Å². The van der Waals surface area contributed by atoms with Gasteiger partial charge in [0.25, 0.3) is 0 Å². The molecule has 5 heteroatoms. The largest absolute Gasteiger partial charge is 0.460 e. The first-order chi connectivity index (χ1) is 16.7. The van der Waals surface area contributed by atoms with Gasteiger partial charge in [0.15, 0.2) is 11.5 Å². The number of carbonyl (C=O) groups is 1. The van der Waals surface area contributed by atoms with Crippen LogP contribution in [0.15, 0.2) is 103 Å². The molecule has 1 aliphatic rings. The maximum absolute atomic E-state index is 13.4. The monoisotopic (exact) mass is 452 g/mol. The zero-order valence-corrected chi connectivity index (χ0v) is 18.5. The number of fused-ring (bicyclic) bond motifs is 1. The van der Waals surface area contributed by atoms with Gasteiger partial charge < -0.3 is 19.3 Å². The Hall–Kier alpha value is -4.09. The number of benzene rings is 4. The van der Waals surface area contributed by atoms with Gasteiger partial charge >= 0.3 is 5.97 Å². The molecule has 1 aliphatic heterocycles. The molecule has 0 saturated carbocycles. The Labute approximate surface area is 198 Å². The minimum absolute atomic E-state index is 0.119. The van der Waals surface area contributed by atoms with Crippen LogP contribution in [0.25, 0.3) is 11.1 Å². The minimum atomic E-state index is -1.14. The quantitative estimate of drug-likeness (QED) is 0.368. The predicted octanol–water partition coefficient (Wildman–Crippen LogP) is 5.64. The van der Waals surface area contributed by atoms with Gasteiger partial charge in [0.2, 0.25) is 6.79 Å². The van der Waals surface area contributed by atoms with Crippen molar-refractivity contribution in [1.82, 2.24) is 0 Å². The van der Waals surface area contributed by atoms with Gasteiger partial charge in [-0.25, -0.2) is 0 Å². The Morgan fingerprint density at radius 1 is 0.824 bits per heavy atom. The summed E-state index contributed by atoms with van der Waals surface area (Å²) in [4.78, 5) is 13.4. The summed E-state index contributed by atoms with van der Waals surface area (Å²) in [5.74, 6) is -0.317. The highest BCUT2D eigenvalue weighted by atomic mass is 16.7. The van der Waals surface area contributed by atoms with E-state index in [1.807, 2.05) is 84.9 Å². The molecule has 2 atom stereocenters. The van der Waals surface area contributed by atoms with Crippen molar-refractivity contribution in [2.24, 2.45) is 0 Å². The minimum Gasteiger partial charge on any atom is -0.460 e. The van der Waals surface area contributed by atoms with Gasteiger partial charge in [-0.3, -0.25) is 4.79 Å². The molecule has 0 aliphatic carbocycles. The zero-order chi connectivity index (χ0) is 23.3. The summed E-state index contributed by atoms with van der Waals surface area (Å²) in [6, 6.07) is 32.1. The van der Waals surface area contributed by atoms with E-state index >= 15 is 0 Å². The molecule has 0 saturated heterocycles. The summed E-state index contributed by atoms with van der Waals surface area (Å²) in [6.07, 6.45) is -1.14. The fourth-order valence-corrected chi connectivity index (χ4v) is 4.19. The number of esters is 1. The smallest absolute Gasteiger partial charge is 0.316 e. The third kappa shape index (κ3) is 4.51. The van der Waals surface area contributed by atoms with Crippen molar-refractivity contribution in [3.05, 3.63) is 120 Å². The maximum Gasteiger partial charge on any atom is 0.316 e. The van der Waals surface area contributed by atoms with Crippen LogP contribution >= 0.6 is 0 Å². The van der Waals surface area contributed by atoms with E-state index < -0.39 is 18.0 Å². The summed E-state index contributed by atoms with van der Waals surface area (Å²) in [7, 11) is 0. The number of aliphatic hydroxyl groups excluding tert-OH is 1. The lowest BCUT2D eigenvalue weighted by molar-refractivity contribution is -0.149. The molecule has 0 bridgehead atoms. The van der Waals surface area contributed by atoms with E-state index in [0.29, 0.717) is 22.6 Å². The Bertz CT molecular complexity index is 1270. The van der Waals surface area contributed by atoms with Gasteiger partial charge in [-0.15, -0.1) is 0 Å². The third-order valence-electron chi connectivity index (χ3n) is 5.91. The lowest BCUT2D eigenvalue weighted by atomic mass is 9.85. The van der Waals surface area contributed by atoms with Crippen LogP contribution in [-0.2, 0) is 16.1 Å². The van der Waals surface area contributed by atoms with Crippen LogP contribution in [0.5, 0.6) is 11.5 Å². The van der Waals surface area contributed by atoms with Gasteiger partial charge in [0.05, 0.1) is 6.10 Å². The van der Waals surface area contributed by atoms with Crippen LogP contribution in [0.2, 0.25) is 0 Å². The highest BCUT2D eigenvalue weighted by Gasteiger charge is 2.34. The van der Waals surface area contributed by atoms with Crippen molar-refractivity contribution in [3.63, 3.8) is 0 Å². The first-order valence-electron chi connectivity index (χ1n) is 11.1. The van der Waals surface area contributed by atoms with Gasteiger partial charge in [0.1, 0.15) is 12.5 Å². The van der Waals surface area contributed by atoms with E-state index in [2.05, 4.69) is 0 Å². The van der Waals surface area contributed by atoms with Crippen molar-refractivity contribution in [3.8, 4) is 22.6 Å². The fraction of sp³-hybridized carbons (Fsp3) is 0.138. The second kappa shape index (κ2) is 9.81. The van der Waals surface area contributed by atoms with Crippen LogP contribution < -0.4 is 9.47 Å². The van der Waals surface area contributed by atoms with Crippen molar-refractivity contribution in [2.45, 2.75) is 18.6 Å². The van der Waals surface area contributed by atoms with Crippen molar-refractivity contribution < 1.29 is 24.1 Å². The standard InChI is InChI=1S/C29H24O5/c30-28(24-14-8-7-13-23(24)21-11-5-2-6-12-21)27(22-15-16-25-26(17-22)34-19-33-25)29(31)32-18-20-9-3-1-4-10-20/h1-17,27-28,30H,18-19H2. The molecule has 0 fully saturated rings. The molecule has 2 unspecified atom stereocenters. The molecule has 5 nitrogen and oxygen atoms in total. The topological polar surface area (TPSA) is 65.0 Å². The molecule has 34 heavy (non-hydrogen) atoms. The highest BCUT2D eigenvalue weighted by Crippen LogP contribution is 2.41. The number of rotatable bonds is 7. The molecule has 170 valence electrons. The van der Waals surface area contributed by atoms with Gasteiger partial charge in [-0.05, 0) is 39.9 Å². The number of ether oxygens (including phenoxy) is 3. The van der Waals surface area contributed by atoms with Crippen molar-refractivity contribution >= 4 is 5.97 Å². The average molecular weight is 453 g/mol. The zero-order valence-electron chi connectivity index (χ0n) is 18.5. The van der Waals surface area contributed by atoms with E-state index in [1.165, 1.54) is 0 Å². The second-order valence-electron chi connectivity index (χ2n) is 8.08. The van der Waals surface area contributed by atoms with E-state index in [0.717, 1.165) is 16.7 Å². The third-order valence-corrected chi connectivity index (χ3v) is 5.91. The summed E-state index contributed by atoms with van der Waals surface area (Å²) >= 11 is 0. The molecule has 1 N–H and O–H groups in total. The summed E-state index contributed by atoms with van der Waals surface area (Å²) in [5.41, 5.74) is 3.93. The van der Waals surface area contributed by atoms with Crippen LogP contribution in [0, 0.1) is 0 Å². The fourth-order valence-electron chi connectivity index (χ4n) is 4.19. The molecule has 1 heterocycles. The Kier molecular flexibility index (Phi) is 6.27. The number of aliphatic hydroxyl groups is 1. The molecular formula is C29H24O5. The Morgan fingerprint density at radius 2 is 1.50 bits per heavy atom. The first kappa shape index (κ1) is 21.7. The lowest BCUT2D eigenvalue weighted by Crippen LogP contribution is -2.23. The summed E-state index contributed by atoms with van der Waals surface area (Å²) < 4.78 is 16.6. The number of hydrogen-bond donors (Lipinski definition) is 1. The number of carbonyl (C=O) groups excluding carboxylic acids is 1. The van der Waals surface area contributed by atoms with E-state index in [9.17, 15) is 9.90 Å². The Balaban J connectivity index is 1.51.